The van der Waals surface area contributed by atoms with Crippen molar-refractivity contribution in [2.24, 2.45) is 0 Å². The number of fused-ring (bicyclic) bond motifs is 6. The lowest BCUT2D eigenvalue weighted by Gasteiger charge is -2.33. The maximum absolute atomic E-state index is 14.3. The standard InChI is InChI=1S/C25H18O4P2.4C2H6/c26-30(24-15-7-3-11-20(24)18-9-1-5-13-22(18)28-30)17-31(27)25-16-8-4-12-21(25)19-10-2-6-14-23(19)29-31;4*1-2/h1-16H,17H2;4*1-2H3. The number of rotatable bonds is 2. The maximum Gasteiger partial charge on any atom is 0.288 e. The highest BCUT2D eigenvalue weighted by Gasteiger charge is 2.47. The zero-order chi connectivity index (χ0) is 29.1. The molecule has 6 rings (SSSR count). The lowest BCUT2D eigenvalue weighted by molar-refractivity contribution is 0.480. The van der Waals surface area contributed by atoms with Gasteiger partial charge in [0.1, 0.15) is 17.4 Å². The first kappa shape index (κ1) is 32.2. The third kappa shape index (κ3) is 6.40. The SMILES string of the molecule is CC.CC.CC.CC.O=P1(CP2(=O)Oc3ccccc3-c3ccccc32)Oc2ccccc2-c2ccccc21. The lowest BCUT2D eigenvalue weighted by Crippen LogP contribution is -2.25. The Morgan fingerprint density at radius 1 is 0.436 bits per heavy atom. The molecule has 2 atom stereocenters. The molecule has 39 heavy (non-hydrogen) atoms. The van der Waals surface area contributed by atoms with E-state index in [0.717, 1.165) is 22.3 Å². The molecule has 4 aromatic rings. The number of benzene rings is 4. The maximum atomic E-state index is 14.3. The van der Waals surface area contributed by atoms with E-state index in [9.17, 15) is 9.13 Å². The van der Waals surface area contributed by atoms with Crippen molar-refractivity contribution < 1.29 is 18.2 Å². The molecular weight excluding hydrogens is 522 g/mol. The van der Waals surface area contributed by atoms with Crippen LogP contribution in [0.2, 0.25) is 0 Å². The van der Waals surface area contributed by atoms with Gasteiger partial charge >= 0.3 is 0 Å². The Balaban J connectivity index is 0.000000614. The van der Waals surface area contributed by atoms with Gasteiger partial charge in [0.2, 0.25) is 0 Å². The van der Waals surface area contributed by atoms with Crippen LogP contribution in [0.5, 0.6) is 11.5 Å². The van der Waals surface area contributed by atoms with Crippen molar-refractivity contribution in [1.82, 2.24) is 0 Å². The highest BCUT2D eigenvalue weighted by Crippen LogP contribution is 2.66. The molecule has 208 valence electrons. The van der Waals surface area contributed by atoms with Crippen LogP contribution in [0.4, 0.5) is 0 Å². The Bertz CT molecular complexity index is 1340. The van der Waals surface area contributed by atoms with Gasteiger partial charge in [0.25, 0.3) is 14.7 Å². The Labute approximate surface area is 235 Å². The van der Waals surface area contributed by atoms with Gasteiger partial charge in [0, 0.05) is 11.1 Å². The predicted molar refractivity (Wildman–Crippen MR) is 170 cm³/mol. The van der Waals surface area contributed by atoms with E-state index < -0.39 is 14.7 Å². The van der Waals surface area contributed by atoms with E-state index in [-0.39, 0.29) is 5.90 Å². The first-order valence-corrected chi connectivity index (χ1v) is 17.6. The topological polar surface area (TPSA) is 52.6 Å². The fourth-order valence-corrected chi connectivity index (χ4v) is 10.9. The summed E-state index contributed by atoms with van der Waals surface area (Å²) in [6.07, 6.45) is 0. The van der Waals surface area contributed by atoms with E-state index >= 15 is 0 Å². The first-order chi connectivity index (χ1) is 19.1. The summed E-state index contributed by atoms with van der Waals surface area (Å²) in [6, 6.07) is 30.0. The van der Waals surface area contributed by atoms with Crippen LogP contribution in [0.1, 0.15) is 55.4 Å². The zero-order valence-electron chi connectivity index (χ0n) is 24.5. The van der Waals surface area contributed by atoms with Crippen molar-refractivity contribution in [3.63, 3.8) is 0 Å². The molecule has 6 heteroatoms. The van der Waals surface area contributed by atoms with E-state index in [4.69, 9.17) is 9.05 Å². The van der Waals surface area contributed by atoms with Crippen LogP contribution in [0.15, 0.2) is 97.1 Å². The van der Waals surface area contributed by atoms with Crippen LogP contribution in [-0.4, -0.2) is 5.90 Å². The van der Waals surface area contributed by atoms with E-state index in [1.165, 1.54) is 0 Å². The van der Waals surface area contributed by atoms with Gasteiger partial charge in [-0.05, 0) is 35.4 Å². The third-order valence-corrected chi connectivity index (χ3v) is 12.0. The van der Waals surface area contributed by atoms with Crippen LogP contribution in [0.3, 0.4) is 0 Å². The van der Waals surface area contributed by atoms with Gasteiger partial charge in [0.05, 0.1) is 10.6 Å². The van der Waals surface area contributed by atoms with E-state index in [2.05, 4.69) is 0 Å². The molecule has 2 heterocycles. The van der Waals surface area contributed by atoms with Gasteiger partial charge in [-0.15, -0.1) is 0 Å². The summed E-state index contributed by atoms with van der Waals surface area (Å²) in [5.41, 5.74) is 3.48. The molecule has 0 bridgehead atoms. The number of para-hydroxylation sites is 2. The minimum atomic E-state index is -3.53. The van der Waals surface area contributed by atoms with E-state index in [1.54, 1.807) is 12.1 Å². The second-order valence-corrected chi connectivity index (χ2v) is 12.9. The molecule has 2 unspecified atom stereocenters. The van der Waals surface area contributed by atoms with Crippen LogP contribution in [-0.2, 0) is 9.13 Å². The van der Waals surface area contributed by atoms with Gasteiger partial charge in [-0.2, -0.15) is 0 Å². The Kier molecular flexibility index (Phi) is 12.3. The molecular formula is C33H42O4P2. The molecule has 0 aliphatic carbocycles. The second-order valence-electron chi connectivity index (χ2n) is 7.70. The highest BCUT2D eigenvalue weighted by molar-refractivity contribution is 7.84. The molecule has 0 aromatic heterocycles. The molecule has 0 spiro atoms. The second kappa shape index (κ2) is 14.9. The fraction of sp³-hybridized carbons (Fsp3) is 0.273. The van der Waals surface area contributed by atoms with Gasteiger partial charge in [-0.1, -0.05) is 128 Å². The van der Waals surface area contributed by atoms with E-state index in [1.807, 2.05) is 140 Å². The summed E-state index contributed by atoms with van der Waals surface area (Å²) in [6.45, 7) is 16.0. The van der Waals surface area contributed by atoms with Crippen molar-refractivity contribution in [2.75, 3.05) is 5.90 Å². The molecule has 0 N–H and O–H groups in total. The Hall–Kier alpha value is -3.06. The normalized spacial score (nSPS) is 18.7. The zero-order valence-corrected chi connectivity index (χ0v) is 26.3. The number of hydrogen-bond donors (Lipinski definition) is 0. The Morgan fingerprint density at radius 3 is 1.08 bits per heavy atom. The molecule has 2 aliphatic rings. The summed E-state index contributed by atoms with van der Waals surface area (Å²) in [5.74, 6) is 0.889. The summed E-state index contributed by atoms with van der Waals surface area (Å²) < 4.78 is 40.9. The minimum Gasteiger partial charge on any atom is -0.439 e. The van der Waals surface area contributed by atoms with Crippen molar-refractivity contribution in [1.29, 1.82) is 0 Å². The quantitative estimate of drug-likeness (QED) is 0.227. The third-order valence-electron chi connectivity index (χ3n) is 5.76. The van der Waals surface area contributed by atoms with Gasteiger partial charge in [-0.3, -0.25) is 9.13 Å². The van der Waals surface area contributed by atoms with Gasteiger partial charge < -0.3 is 9.05 Å². The van der Waals surface area contributed by atoms with Crippen LogP contribution >= 0.6 is 14.7 Å². The molecule has 0 fully saturated rings. The molecule has 0 saturated carbocycles. The summed E-state index contributed by atoms with van der Waals surface area (Å²) in [5, 5.41) is 1.17. The smallest absolute Gasteiger partial charge is 0.288 e. The molecule has 0 radical (unpaired) electrons. The highest BCUT2D eigenvalue weighted by atomic mass is 31.2. The van der Waals surface area contributed by atoms with Crippen LogP contribution in [0.25, 0.3) is 22.3 Å². The summed E-state index contributed by atoms with van der Waals surface area (Å²) in [4.78, 5) is 0. The minimum absolute atomic E-state index is 0.198. The van der Waals surface area contributed by atoms with Gasteiger partial charge in [0.15, 0.2) is 0 Å². The van der Waals surface area contributed by atoms with Crippen LogP contribution in [0, 0.1) is 0 Å². The van der Waals surface area contributed by atoms with Gasteiger partial charge in [-0.25, -0.2) is 0 Å². The van der Waals surface area contributed by atoms with Crippen molar-refractivity contribution in [3.05, 3.63) is 97.1 Å². The molecule has 4 aromatic carbocycles. The van der Waals surface area contributed by atoms with E-state index in [0.29, 0.717) is 22.1 Å². The average Bonchev–Trinajstić information content (AvgIpc) is 3.01. The largest absolute Gasteiger partial charge is 0.439 e. The lowest BCUT2D eigenvalue weighted by atomic mass is 10.0. The summed E-state index contributed by atoms with van der Waals surface area (Å²) in [7, 11) is -7.05. The average molecular weight is 565 g/mol. The van der Waals surface area contributed by atoms with Crippen molar-refractivity contribution >= 4 is 25.3 Å². The monoisotopic (exact) mass is 564 g/mol. The molecule has 0 saturated heterocycles. The fourth-order valence-electron chi connectivity index (χ4n) is 4.41. The summed E-state index contributed by atoms with van der Waals surface area (Å²) >= 11 is 0. The predicted octanol–water partition coefficient (Wildman–Crippen LogP) is 10.4. The van der Waals surface area contributed by atoms with Crippen molar-refractivity contribution in [3.8, 4) is 33.8 Å². The van der Waals surface area contributed by atoms with Crippen molar-refractivity contribution in [2.45, 2.75) is 55.4 Å². The first-order valence-electron chi connectivity index (χ1n) is 14.0. The Morgan fingerprint density at radius 2 is 0.718 bits per heavy atom. The molecule has 2 aliphatic heterocycles. The van der Waals surface area contributed by atoms with Crippen LogP contribution < -0.4 is 19.7 Å². The molecule has 0 amide bonds. The number of hydrogen-bond acceptors (Lipinski definition) is 4. The molecule has 4 nitrogen and oxygen atoms in total.